The van der Waals surface area contributed by atoms with Gasteiger partial charge in [0.25, 0.3) is 0 Å². The van der Waals surface area contributed by atoms with Gasteiger partial charge >= 0.3 is 0 Å². The van der Waals surface area contributed by atoms with Crippen molar-refractivity contribution in [2.75, 3.05) is 11.1 Å². The second-order valence-electron chi connectivity index (χ2n) is 3.64. The predicted octanol–water partition coefficient (Wildman–Crippen LogP) is 2.60. The van der Waals surface area contributed by atoms with Crippen LogP contribution in [0.1, 0.15) is 22.7 Å². The Morgan fingerprint density at radius 2 is 2.25 bits per heavy atom. The van der Waals surface area contributed by atoms with Gasteiger partial charge in [-0.15, -0.1) is 11.3 Å². The van der Waals surface area contributed by atoms with Gasteiger partial charge in [-0.1, -0.05) is 0 Å². The van der Waals surface area contributed by atoms with Gasteiger partial charge in [0.05, 0.1) is 17.9 Å². The van der Waals surface area contributed by atoms with Crippen LogP contribution in [0.4, 0.5) is 11.5 Å². The highest BCUT2D eigenvalue weighted by Gasteiger charge is 2.09. The fourth-order valence-corrected chi connectivity index (χ4v) is 2.30. The van der Waals surface area contributed by atoms with Crippen LogP contribution in [0.25, 0.3) is 0 Å². The zero-order chi connectivity index (χ0) is 11.5. The summed E-state index contributed by atoms with van der Waals surface area (Å²) >= 11 is 1.77. The van der Waals surface area contributed by atoms with Crippen LogP contribution in [-0.4, -0.2) is 9.97 Å². The van der Waals surface area contributed by atoms with Crippen LogP contribution < -0.4 is 11.1 Å². The van der Waals surface area contributed by atoms with E-state index in [0.717, 1.165) is 0 Å². The lowest BCUT2D eigenvalue weighted by molar-refractivity contribution is 0.894. The number of aryl methyl sites for hydroxylation is 1. The average molecular weight is 234 g/mol. The molecule has 0 fully saturated rings. The predicted molar refractivity (Wildman–Crippen MR) is 67.5 cm³/mol. The molecule has 0 spiro atoms. The highest BCUT2D eigenvalue weighted by Crippen LogP contribution is 2.26. The molecule has 4 nitrogen and oxygen atoms in total. The number of thiophene rings is 1. The Hall–Kier alpha value is -1.62. The van der Waals surface area contributed by atoms with Crippen LogP contribution in [0, 0.1) is 6.92 Å². The molecule has 5 heteroatoms. The number of hydrogen-bond acceptors (Lipinski definition) is 5. The minimum atomic E-state index is 0.205. The standard InChI is InChI=1S/C11H14N4S/c1-7-3-4-10(16-7)8(2)15-11-9(12)5-13-6-14-11/h3-6,8H,12H2,1-2H3,(H,13,14,15). The normalized spacial score (nSPS) is 12.4. The maximum atomic E-state index is 5.77. The second kappa shape index (κ2) is 4.49. The first-order chi connectivity index (χ1) is 7.66. The van der Waals surface area contributed by atoms with Gasteiger partial charge in [0.2, 0.25) is 0 Å². The number of nitrogen functional groups attached to an aromatic ring is 1. The minimum Gasteiger partial charge on any atom is -0.394 e. The van der Waals surface area contributed by atoms with E-state index in [2.05, 4.69) is 41.3 Å². The topological polar surface area (TPSA) is 63.8 Å². The summed E-state index contributed by atoms with van der Waals surface area (Å²) in [5.41, 5.74) is 6.34. The molecule has 0 amide bonds. The largest absolute Gasteiger partial charge is 0.394 e. The molecular formula is C11H14N4S. The van der Waals surface area contributed by atoms with E-state index in [1.54, 1.807) is 17.5 Å². The summed E-state index contributed by atoms with van der Waals surface area (Å²) in [5.74, 6) is 0.688. The molecule has 2 rings (SSSR count). The van der Waals surface area contributed by atoms with Gasteiger partial charge in [-0.05, 0) is 26.0 Å². The molecule has 2 heterocycles. The molecule has 2 aromatic rings. The van der Waals surface area contributed by atoms with Crippen LogP contribution in [0.3, 0.4) is 0 Å². The number of rotatable bonds is 3. The van der Waals surface area contributed by atoms with Gasteiger partial charge in [0.15, 0.2) is 5.82 Å². The van der Waals surface area contributed by atoms with Crippen molar-refractivity contribution in [2.45, 2.75) is 19.9 Å². The first-order valence-corrected chi connectivity index (χ1v) is 5.87. The Morgan fingerprint density at radius 1 is 1.44 bits per heavy atom. The number of hydrogen-bond donors (Lipinski definition) is 2. The quantitative estimate of drug-likeness (QED) is 0.856. The van der Waals surface area contributed by atoms with Crippen LogP contribution in [0.5, 0.6) is 0 Å². The lowest BCUT2D eigenvalue weighted by atomic mass is 10.2. The summed E-state index contributed by atoms with van der Waals surface area (Å²) < 4.78 is 0. The fraction of sp³-hybridized carbons (Fsp3) is 0.273. The zero-order valence-corrected chi connectivity index (χ0v) is 10.1. The number of nitrogens with two attached hydrogens (primary N) is 1. The van der Waals surface area contributed by atoms with Crippen molar-refractivity contribution in [1.29, 1.82) is 0 Å². The maximum absolute atomic E-state index is 5.77. The van der Waals surface area contributed by atoms with E-state index in [1.807, 2.05) is 0 Å². The van der Waals surface area contributed by atoms with E-state index in [-0.39, 0.29) is 6.04 Å². The van der Waals surface area contributed by atoms with Gasteiger partial charge in [0, 0.05) is 9.75 Å². The van der Waals surface area contributed by atoms with Crippen molar-refractivity contribution >= 4 is 22.8 Å². The van der Waals surface area contributed by atoms with E-state index in [0.29, 0.717) is 11.5 Å². The van der Waals surface area contributed by atoms with Crippen molar-refractivity contribution in [3.05, 3.63) is 34.4 Å². The Kier molecular flexibility index (Phi) is 3.05. The summed E-state index contributed by atoms with van der Waals surface area (Å²) in [4.78, 5) is 10.5. The number of nitrogens with zero attached hydrogens (tertiary/aromatic N) is 2. The van der Waals surface area contributed by atoms with Crippen LogP contribution in [0.15, 0.2) is 24.7 Å². The Morgan fingerprint density at radius 3 is 2.88 bits per heavy atom. The highest BCUT2D eigenvalue weighted by molar-refractivity contribution is 7.12. The van der Waals surface area contributed by atoms with E-state index < -0.39 is 0 Å². The number of anilines is 2. The molecule has 0 bridgehead atoms. The van der Waals surface area contributed by atoms with Crippen LogP contribution >= 0.6 is 11.3 Å². The molecule has 0 saturated carbocycles. The van der Waals surface area contributed by atoms with E-state index in [1.165, 1.54) is 16.1 Å². The van der Waals surface area contributed by atoms with Gasteiger partial charge < -0.3 is 11.1 Å². The zero-order valence-electron chi connectivity index (χ0n) is 9.27. The maximum Gasteiger partial charge on any atom is 0.153 e. The molecule has 3 N–H and O–H groups in total. The SMILES string of the molecule is Cc1ccc(C(C)Nc2ncncc2N)s1. The summed E-state index contributed by atoms with van der Waals surface area (Å²) in [6, 6.07) is 4.44. The van der Waals surface area contributed by atoms with Crippen molar-refractivity contribution in [1.82, 2.24) is 9.97 Å². The molecule has 1 unspecified atom stereocenters. The molecule has 0 saturated heterocycles. The van der Waals surface area contributed by atoms with E-state index >= 15 is 0 Å². The minimum absolute atomic E-state index is 0.205. The molecule has 0 radical (unpaired) electrons. The summed E-state index contributed by atoms with van der Waals surface area (Å²) in [6.07, 6.45) is 3.09. The molecule has 0 aliphatic heterocycles. The summed E-state index contributed by atoms with van der Waals surface area (Å²) in [7, 11) is 0. The van der Waals surface area contributed by atoms with Crippen molar-refractivity contribution < 1.29 is 0 Å². The van der Waals surface area contributed by atoms with Gasteiger partial charge in [-0.2, -0.15) is 0 Å². The third kappa shape index (κ3) is 2.30. The summed E-state index contributed by atoms with van der Waals surface area (Å²) in [5, 5.41) is 3.27. The van der Waals surface area contributed by atoms with Gasteiger partial charge in [-0.25, -0.2) is 9.97 Å². The third-order valence-corrected chi connectivity index (χ3v) is 3.47. The molecular weight excluding hydrogens is 220 g/mol. The molecule has 1 atom stereocenters. The first-order valence-electron chi connectivity index (χ1n) is 5.05. The van der Waals surface area contributed by atoms with Crippen LogP contribution in [-0.2, 0) is 0 Å². The van der Waals surface area contributed by atoms with Crippen LogP contribution in [0.2, 0.25) is 0 Å². The monoisotopic (exact) mass is 234 g/mol. The number of nitrogens with one attached hydrogen (secondary N) is 1. The Labute approximate surface area is 98.6 Å². The van der Waals surface area contributed by atoms with Crippen molar-refractivity contribution in [3.63, 3.8) is 0 Å². The molecule has 16 heavy (non-hydrogen) atoms. The van der Waals surface area contributed by atoms with E-state index in [9.17, 15) is 0 Å². The molecule has 84 valence electrons. The summed E-state index contributed by atoms with van der Waals surface area (Å²) in [6.45, 7) is 4.19. The fourth-order valence-electron chi connectivity index (χ4n) is 1.42. The Bertz CT molecular complexity index is 480. The third-order valence-electron chi connectivity index (χ3n) is 2.28. The van der Waals surface area contributed by atoms with E-state index in [4.69, 9.17) is 5.73 Å². The lowest BCUT2D eigenvalue weighted by Crippen LogP contribution is -2.08. The van der Waals surface area contributed by atoms with Gasteiger partial charge in [-0.3, -0.25) is 0 Å². The molecule has 0 aliphatic carbocycles. The number of aromatic nitrogens is 2. The molecule has 0 aromatic carbocycles. The van der Waals surface area contributed by atoms with Crippen molar-refractivity contribution in [2.24, 2.45) is 0 Å². The first kappa shape index (κ1) is 10.9. The molecule has 0 aliphatic rings. The highest BCUT2D eigenvalue weighted by atomic mass is 32.1. The second-order valence-corrected chi connectivity index (χ2v) is 4.96. The lowest BCUT2D eigenvalue weighted by Gasteiger charge is -2.13. The smallest absolute Gasteiger partial charge is 0.153 e. The van der Waals surface area contributed by atoms with Crippen molar-refractivity contribution in [3.8, 4) is 0 Å². The molecule has 2 aromatic heterocycles. The average Bonchev–Trinajstić information content (AvgIpc) is 2.68. The van der Waals surface area contributed by atoms with Gasteiger partial charge in [0.1, 0.15) is 6.33 Å². The Balaban J connectivity index is 2.13.